The van der Waals surface area contributed by atoms with Crippen LogP contribution in [0.25, 0.3) is 22.1 Å². The highest BCUT2D eigenvalue weighted by Gasteiger charge is 2.22. The summed E-state index contributed by atoms with van der Waals surface area (Å²) in [6.45, 7) is 11.4. The van der Waals surface area contributed by atoms with E-state index >= 15 is 0 Å². The van der Waals surface area contributed by atoms with E-state index in [0.717, 1.165) is 71.4 Å². The topological polar surface area (TPSA) is 86.4 Å². The van der Waals surface area contributed by atoms with Crippen LogP contribution in [-0.2, 0) is 30.7 Å². The zero-order chi connectivity index (χ0) is 42.7. The van der Waals surface area contributed by atoms with Crippen LogP contribution >= 0.6 is 0 Å². The molecule has 9 nitrogen and oxygen atoms in total. The van der Waals surface area contributed by atoms with Gasteiger partial charge in [-0.05, 0) is 111 Å². The van der Waals surface area contributed by atoms with Crippen LogP contribution in [0.3, 0.4) is 0 Å². The number of aromatic nitrogens is 4. The Bertz CT molecular complexity index is 2310. The molecule has 0 atom stereocenters. The highest BCUT2D eigenvalue weighted by molar-refractivity contribution is 5.95. The van der Waals surface area contributed by atoms with Crippen molar-refractivity contribution in [3.05, 3.63) is 108 Å². The second-order valence-corrected chi connectivity index (χ2v) is 17.6. The monoisotopic (exact) mass is 825 g/mol. The Morgan fingerprint density at radius 3 is 1.59 bits per heavy atom. The summed E-state index contributed by atoms with van der Waals surface area (Å²) in [7, 11) is 3.79. The van der Waals surface area contributed by atoms with Crippen LogP contribution in [0.4, 0.5) is 11.4 Å². The van der Waals surface area contributed by atoms with Crippen molar-refractivity contribution in [1.82, 2.24) is 19.1 Å². The third-order valence-electron chi connectivity index (χ3n) is 12.7. The first kappa shape index (κ1) is 43.8. The molecule has 61 heavy (non-hydrogen) atoms. The molecule has 0 aliphatic heterocycles. The fourth-order valence-electron chi connectivity index (χ4n) is 9.34. The molecule has 8 rings (SSSR count). The molecule has 2 aliphatic carbocycles. The molecule has 0 spiro atoms. The molecule has 6 aromatic rings. The van der Waals surface area contributed by atoms with Crippen molar-refractivity contribution < 1.29 is 14.3 Å². The third-order valence-corrected chi connectivity index (χ3v) is 12.7. The van der Waals surface area contributed by atoms with Gasteiger partial charge in [0, 0.05) is 68.1 Å². The van der Waals surface area contributed by atoms with Gasteiger partial charge in [-0.1, -0.05) is 76.6 Å². The molecule has 0 bridgehead atoms. The highest BCUT2D eigenvalue weighted by atomic mass is 16.5. The Labute approximate surface area is 363 Å². The molecule has 0 radical (unpaired) electrons. The van der Waals surface area contributed by atoms with Crippen molar-refractivity contribution in [2.45, 2.75) is 118 Å². The number of ether oxygens (including phenoxy) is 2. The predicted molar refractivity (Wildman–Crippen MR) is 251 cm³/mol. The van der Waals surface area contributed by atoms with Gasteiger partial charge >= 0.3 is 0 Å². The molecule has 0 saturated heterocycles. The Morgan fingerprint density at radius 1 is 0.689 bits per heavy atom. The maximum Gasteiger partial charge on any atom is 0.229 e. The lowest BCUT2D eigenvalue weighted by Crippen LogP contribution is -2.30. The number of anilines is 2. The first-order valence-electron chi connectivity index (χ1n) is 23.1. The van der Waals surface area contributed by atoms with Gasteiger partial charge in [-0.25, -0.2) is 9.97 Å². The van der Waals surface area contributed by atoms with E-state index in [1.165, 1.54) is 92.1 Å². The normalized spacial score (nSPS) is 14.9. The maximum absolute atomic E-state index is 12.5. The van der Waals surface area contributed by atoms with E-state index in [-0.39, 0.29) is 11.8 Å². The fraction of sp³-hybridized carbons (Fsp3) is 0.481. The summed E-state index contributed by atoms with van der Waals surface area (Å²) in [5.41, 5.74) is 9.26. The second-order valence-electron chi connectivity index (χ2n) is 17.6. The average Bonchev–Trinajstić information content (AvgIpc) is 3.80. The Hall–Kier alpha value is -5.31. The van der Waals surface area contributed by atoms with E-state index in [2.05, 4.69) is 87.2 Å². The van der Waals surface area contributed by atoms with Crippen LogP contribution < -0.4 is 19.7 Å². The predicted octanol–water partition coefficient (Wildman–Crippen LogP) is 11.9. The van der Waals surface area contributed by atoms with Crippen LogP contribution in [0, 0.1) is 17.8 Å². The summed E-state index contributed by atoms with van der Waals surface area (Å²) in [4.78, 5) is 23.9. The zero-order valence-electron chi connectivity index (χ0n) is 37.6. The van der Waals surface area contributed by atoms with Gasteiger partial charge in [0.05, 0.1) is 37.0 Å². The number of amides is 1. The van der Waals surface area contributed by atoms with Gasteiger partial charge in [-0.15, -0.1) is 0 Å². The van der Waals surface area contributed by atoms with Crippen LogP contribution in [0.5, 0.6) is 11.5 Å². The molecule has 2 saturated carbocycles. The van der Waals surface area contributed by atoms with E-state index < -0.39 is 0 Å². The molecular formula is C52H68N6O3. The molecule has 9 heteroatoms. The van der Waals surface area contributed by atoms with Crippen molar-refractivity contribution in [2.75, 3.05) is 37.5 Å². The molecule has 324 valence electrons. The highest BCUT2D eigenvalue weighted by Crippen LogP contribution is 2.32. The smallest absolute Gasteiger partial charge is 0.229 e. The van der Waals surface area contributed by atoms with Gasteiger partial charge in [0.15, 0.2) is 0 Å². The van der Waals surface area contributed by atoms with E-state index in [1.807, 2.05) is 54.2 Å². The number of carbonyl (C=O) groups excluding carboxylic acids is 1. The second kappa shape index (κ2) is 21.0. The number of hydrogen-bond donors (Lipinski definition) is 1. The number of rotatable bonds is 15. The first-order valence-corrected chi connectivity index (χ1v) is 23.1. The van der Waals surface area contributed by atoms with Gasteiger partial charge in [0.1, 0.15) is 22.8 Å². The summed E-state index contributed by atoms with van der Waals surface area (Å²) < 4.78 is 16.1. The summed E-state index contributed by atoms with van der Waals surface area (Å²) >= 11 is 0. The molecule has 2 aromatic carbocycles. The largest absolute Gasteiger partial charge is 0.494 e. The minimum Gasteiger partial charge on any atom is -0.494 e. The van der Waals surface area contributed by atoms with Crippen molar-refractivity contribution in [1.29, 1.82) is 0 Å². The summed E-state index contributed by atoms with van der Waals surface area (Å²) in [5.74, 6) is 3.39. The minimum atomic E-state index is -0.0446. The van der Waals surface area contributed by atoms with Crippen LogP contribution in [0.2, 0.25) is 0 Å². The number of nitrogens with zero attached hydrogens (tertiary/aromatic N) is 5. The third kappa shape index (κ3) is 11.2. The molecule has 1 N–H and O–H groups in total. The van der Waals surface area contributed by atoms with E-state index in [1.54, 1.807) is 4.90 Å². The van der Waals surface area contributed by atoms with Crippen LogP contribution in [0.1, 0.15) is 114 Å². The summed E-state index contributed by atoms with van der Waals surface area (Å²) in [6, 6.07) is 25.8. The van der Waals surface area contributed by atoms with Gasteiger partial charge in [-0.2, -0.15) is 0 Å². The standard InChI is InChI=1S/C28H37N3O2.C24H31N3O/c1-5-33-26-13-11-21(12-14-26)15-24-16-23-17-25(30(4)28(32)20(2)3)18-29-27(23)31(24)19-22-9-7-6-8-10-22;1-3-28-23-11-9-18(10-12-23)13-22-15-20-14-21(25-2)16-26-24(20)27(22)17-19-7-5-4-6-8-19/h11-14,16-18,20,22H,5-10,15,19H2,1-4H3;9-12,14-16,19,25H,3-8,13,17H2,1-2H3. The lowest BCUT2D eigenvalue weighted by Gasteiger charge is -2.24. The van der Waals surface area contributed by atoms with Crippen molar-refractivity contribution in [3.63, 3.8) is 0 Å². The zero-order valence-corrected chi connectivity index (χ0v) is 37.6. The molecule has 2 aliphatic rings. The molecule has 0 unspecified atom stereocenters. The van der Waals surface area contributed by atoms with Gasteiger partial charge in [0.25, 0.3) is 0 Å². The van der Waals surface area contributed by atoms with Crippen LogP contribution in [0.15, 0.2) is 85.2 Å². The Morgan fingerprint density at radius 2 is 1.15 bits per heavy atom. The number of nitrogens with one attached hydrogen (secondary N) is 1. The maximum atomic E-state index is 12.5. The molecule has 1 amide bonds. The molecule has 4 heterocycles. The first-order chi connectivity index (χ1) is 29.7. The summed E-state index contributed by atoms with van der Waals surface area (Å²) in [5, 5.41) is 5.54. The number of pyridine rings is 2. The average molecular weight is 825 g/mol. The van der Waals surface area contributed by atoms with Crippen molar-refractivity contribution in [2.24, 2.45) is 17.8 Å². The Kier molecular flexibility index (Phi) is 15.1. The van der Waals surface area contributed by atoms with Crippen LogP contribution in [-0.4, -0.2) is 52.3 Å². The number of hydrogen-bond acceptors (Lipinski definition) is 6. The minimum absolute atomic E-state index is 0.0446. The van der Waals surface area contributed by atoms with Crippen molar-refractivity contribution >= 4 is 39.3 Å². The molecule has 4 aromatic heterocycles. The summed E-state index contributed by atoms with van der Waals surface area (Å²) in [6.07, 6.45) is 19.0. The van der Waals surface area contributed by atoms with Gasteiger partial charge in [-0.3, -0.25) is 4.79 Å². The lowest BCUT2D eigenvalue weighted by molar-refractivity contribution is -0.121. The molecular weight excluding hydrogens is 757 g/mol. The Balaban J connectivity index is 0.000000186. The van der Waals surface area contributed by atoms with E-state index in [4.69, 9.17) is 19.4 Å². The van der Waals surface area contributed by atoms with Crippen molar-refractivity contribution in [3.8, 4) is 11.5 Å². The molecule has 2 fully saturated rings. The SMILES string of the molecule is CCOc1ccc(Cc2cc3cc(N(C)C(=O)C(C)C)cnc3n2CC2CCCCC2)cc1.CCOc1ccc(Cc2cc3cc(NC)cnc3n2CC2CCCCC2)cc1. The number of fused-ring (bicyclic) bond motifs is 2. The lowest BCUT2D eigenvalue weighted by atomic mass is 9.89. The number of benzene rings is 2. The van der Waals surface area contributed by atoms with E-state index in [0.29, 0.717) is 19.1 Å². The van der Waals surface area contributed by atoms with Gasteiger partial charge < -0.3 is 28.8 Å². The van der Waals surface area contributed by atoms with E-state index in [9.17, 15) is 4.79 Å². The number of carbonyl (C=O) groups is 1. The fourth-order valence-corrected chi connectivity index (χ4v) is 9.34. The van der Waals surface area contributed by atoms with Gasteiger partial charge in [0.2, 0.25) is 5.91 Å². The quantitative estimate of drug-likeness (QED) is 0.111.